The molecule has 0 bridgehead atoms. The van der Waals surface area contributed by atoms with Crippen LogP contribution in [0.2, 0.25) is 0 Å². The first-order valence-electron chi connectivity index (χ1n) is 7.23. The molecule has 0 aliphatic rings. The minimum absolute atomic E-state index is 0.0407. The molecule has 0 saturated carbocycles. The Morgan fingerprint density at radius 2 is 2.08 bits per heavy atom. The fraction of sp³-hybridized carbons (Fsp3) is 0.125. The highest BCUT2D eigenvalue weighted by molar-refractivity contribution is 7.09. The normalized spacial score (nSPS) is 11.0. The zero-order valence-electron chi connectivity index (χ0n) is 12.7. The minimum atomic E-state index is -0.0407. The van der Waals surface area contributed by atoms with E-state index in [9.17, 15) is 4.79 Å². The van der Waals surface area contributed by atoms with Gasteiger partial charge in [0, 0.05) is 40.8 Å². The van der Waals surface area contributed by atoms with Crippen molar-refractivity contribution in [1.82, 2.24) is 29.5 Å². The van der Waals surface area contributed by atoms with Crippen molar-refractivity contribution in [2.24, 2.45) is 0 Å². The van der Waals surface area contributed by atoms with Crippen molar-refractivity contribution < 1.29 is 4.79 Å². The quantitative estimate of drug-likeness (QED) is 0.532. The van der Waals surface area contributed by atoms with Crippen LogP contribution in [0.25, 0.3) is 16.8 Å². The Labute approximate surface area is 141 Å². The van der Waals surface area contributed by atoms with Gasteiger partial charge in [0.15, 0.2) is 11.4 Å². The summed E-state index contributed by atoms with van der Waals surface area (Å²) in [6, 6.07) is 1.81. The first kappa shape index (κ1) is 14.6. The second-order valence-corrected chi connectivity index (χ2v) is 6.26. The molecule has 8 heteroatoms. The molecule has 7 nitrogen and oxygen atoms in total. The van der Waals surface area contributed by atoms with E-state index in [2.05, 4.69) is 25.1 Å². The van der Waals surface area contributed by atoms with Gasteiger partial charge >= 0.3 is 0 Å². The van der Waals surface area contributed by atoms with E-state index in [0.717, 1.165) is 21.8 Å². The van der Waals surface area contributed by atoms with Crippen molar-refractivity contribution in [3.63, 3.8) is 0 Å². The molecule has 4 rings (SSSR count). The van der Waals surface area contributed by atoms with E-state index in [0.29, 0.717) is 11.2 Å². The molecule has 24 heavy (non-hydrogen) atoms. The predicted molar refractivity (Wildman–Crippen MR) is 88.9 cm³/mol. The average Bonchev–Trinajstić information content (AvgIpc) is 3.23. The fourth-order valence-electron chi connectivity index (χ4n) is 2.46. The lowest BCUT2D eigenvalue weighted by molar-refractivity contribution is 0.0994. The molecule has 4 aromatic rings. The van der Waals surface area contributed by atoms with Gasteiger partial charge in [0.1, 0.15) is 17.7 Å². The van der Waals surface area contributed by atoms with E-state index >= 15 is 0 Å². The summed E-state index contributed by atoms with van der Waals surface area (Å²) in [6.07, 6.45) is 8.56. The topological polar surface area (TPSA) is 85.9 Å². The van der Waals surface area contributed by atoms with Crippen LogP contribution >= 0.6 is 11.3 Å². The number of aryl methyl sites for hydroxylation is 1. The van der Waals surface area contributed by atoms with E-state index in [1.54, 1.807) is 23.1 Å². The number of Topliss-reactive ketones (excluding diaryl/α,β-unsaturated/α-hetero) is 1. The summed E-state index contributed by atoms with van der Waals surface area (Å²) < 4.78 is 1.74. The summed E-state index contributed by atoms with van der Waals surface area (Å²) >= 11 is 1.49. The minimum Gasteiger partial charge on any atom is -0.294 e. The van der Waals surface area contributed by atoms with E-state index in [1.165, 1.54) is 17.7 Å². The number of aromatic nitrogens is 6. The highest BCUT2D eigenvalue weighted by Crippen LogP contribution is 2.23. The summed E-state index contributed by atoms with van der Waals surface area (Å²) in [5, 5.41) is 10.7. The molecule has 0 atom stereocenters. The number of carbonyl (C=O) groups is 1. The number of hydrogen-bond acceptors (Lipinski definition) is 7. The Kier molecular flexibility index (Phi) is 3.58. The standard InChI is InChI=1S/C16H12N6OS/c1-10-7-24-15(20-10)3-14(23)13-2-11(12-4-17-8-18-5-12)6-22-9-19-21-16(13)22/h2,4-9H,3H2,1H3. The van der Waals surface area contributed by atoms with Gasteiger partial charge in [-0.3, -0.25) is 9.20 Å². The van der Waals surface area contributed by atoms with E-state index in [4.69, 9.17) is 0 Å². The molecule has 4 heterocycles. The summed E-state index contributed by atoms with van der Waals surface area (Å²) in [5.74, 6) is -0.0407. The molecular formula is C16H12N6OS. The number of thiazole rings is 1. The number of ketones is 1. The van der Waals surface area contributed by atoms with Gasteiger partial charge < -0.3 is 0 Å². The van der Waals surface area contributed by atoms with Crippen LogP contribution in [-0.4, -0.2) is 35.3 Å². The fourth-order valence-corrected chi connectivity index (χ4v) is 3.24. The Morgan fingerprint density at radius 3 is 2.83 bits per heavy atom. The molecule has 0 aliphatic carbocycles. The van der Waals surface area contributed by atoms with Crippen LogP contribution < -0.4 is 0 Å². The van der Waals surface area contributed by atoms with Crippen LogP contribution in [0.4, 0.5) is 0 Å². The van der Waals surface area contributed by atoms with Gasteiger partial charge in [-0.05, 0) is 13.0 Å². The second kappa shape index (κ2) is 5.89. The van der Waals surface area contributed by atoms with Crippen LogP contribution in [0.15, 0.2) is 42.7 Å². The number of rotatable bonds is 4. The van der Waals surface area contributed by atoms with Crippen LogP contribution in [0.1, 0.15) is 21.1 Å². The largest absolute Gasteiger partial charge is 0.294 e. The average molecular weight is 336 g/mol. The van der Waals surface area contributed by atoms with E-state index < -0.39 is 0 Å². The molecule has 0 aliphatic heterocycles. The lowest BCUT2D eigenvalue weighted by Gasteiger charge is -2.06. The molecular weight excluding hydrogens is 324 g/mol. The van der Waals surface area contributed by atoms with Crippen molar-refractivity contribution >= 4 is 22.8 Å². The molecule has 0 amide bonds. The summed E-state index contributed by atoms with van der Waals surface area (Å²) in [6.45, 7) is 1.91. The first-order valence-corrected chi connectivity index (χ1v) is 8.11. The van der Waals surface area contributed by atoms with Crippen LogP contribution in [0, 0.1) is 6.92 Å². The molecule has 0 saturated heterocycles. The molecule has 0 N–H and O–H groups in total. The number of pyridine rings is 1. The van der Waals surface area contributed by atoms with Crippen molar-refractivity contribution in [3.8, 4) is 11.1 Å². The number of carbonyl (C=O) groups excluding carboxylic acids is 1. The molecule has 0 aromatic carbocycles. The third kappa shape index (κ3) is 2.67. The van der Waals surface area contributed by atoms with Crippen molar-refractivity contribution in [1.29, 1.82) is 0 Å². The first-order chi connectivity index (χ1) is 11.7. The lowest BCUT2D eigenvalue weighted by atomic mass is 10.0. The van der Waals surface area contributed by atoms with E-state index in [1.807, 2.05) is 24.6 Å². The van der Waals surface area contributed by atoms with Gasteiger partial charge in [-0.25, -0.2) is 15.0 Å². The van der Waals surface area contributed by atoms with Crippen LogP contribution in [0.3, 0.4) is 0 Å². The number of fused-ring (bicyclic) bond motifs is 1. The van der Waals surface area contributed by atoms with Crippen molar-refractivity contribution in [2.45, 2.75) is 13.3 Å². The molecule has 0 spiro atoms. The summed E-state index contributed by atoms with van der Waals surface area (Å²) in [4.78, 5) is 25.2. The van der Waals surface area contributed by atoms with Crippen molar-refractivity contribution in [3.05, 3.63) is 59.0 Å². The molecule has 0 radical (unpaired) electrons. The zero-order valence-corrected chi connectivity index (χ0v) is 13.6. The van der Waals surface area contributed by atoms with Gasteiger partial charge in [0.2, 0.25) is 0 Å². The molecule has 0 fully saturated rings. The maximum Gasteiger partial charge on any atom is 0.173 e. The Hall–Kier alpha value is -3.00. The predicted octanol–water partition coefficient (Wildman–Crippen LogP) is 2.38. The summed E-state index contributed by atoms with van der Waals surface area (Å²) in [7, 11) is 0. The number of hydrogen-bond donors (Lipinski definition) is 0. The second-order valence-electron chi connectivity index (χ2n) is 5.31. The third-order valence-electron chi connectivity index (χ3n) is 3.56. The monoisotopic (exact) mass is 336 g/mol. The highest BCUT2D eigenvalue weighted by atomic mass is 32.1. The Bertz CT molecular complexity index is 1020. The third-order valence-corrected chi connectivity index (χ3v) is 4.53. The van der Waals surface area contributed by atoms with Crippen molar-refractivity contribution in [2.75, 3.05) is 0 Å². The van der Waals surface area contributed by atoms with Gasteiger partial charge in [-0.1, -0.05) is 0 Å². The van der Waals surface area contributed by atoms with Gasteiger partial charge in [0.25, 0.3) is 0 Å². The molecule has 0 unspecified atom stereocenters. The summed E-state index contributed by atoms with van der Waals surface area (Å²) in [5.41, 5.74) is 3.63. The Balaban J connectivity index is 1.78. The van der Waals surface area contributed by atoms with Crippen LogP contribution in [0.5, 0.6) is 0 Å². The maximum absolute atomic E-state index is 12.8. The van der Waals surface area contributed by atoms with E-state index in [-0.39, 0.29) is 12.2 Å². The molecule has 4 aromatic heterocycles. The van der Waals surface area contributed by atoms with Gasteiger partial charge in [-0.15, -0.1) is 21.5 Å². The van der Waals surface area contributed by atoms with Gasteiger partial charge in [-0.2, -0.15) is 0 Å². The Morgan fingerprint density at radius 1 is 1.25 bits per heavy atom. The lowest BCUT2D eigenvalue weighted by Crippen LogP contribution is -2.07. The highest BCUT2D eigenvalue weighted by Gasteiger charge is 2.17. The number of nitrogens with zero attached hydrogens (tertiary/aromatic N) is 6. The van der Waals surface area contributed by atoms with Gasteiger partial charge in [0.05, 0.1) is 12.0 Å². The molecule has 118 valence electrons. The van der Waals surface area contributed by atoms with Crippen LogP contribution in [-0.2, 0) is 6.42 Å². The maximum atomic E-state index is 12.8. The SMILES string of the molecule is Cc1csc(CC(=O)c2cc(-c3cncnc3)cn3cnnc23)n1. The smallest absolute Gasteiger partial charge is 0.173 e. The zero-order chi connectivity index (χ0) is 16.5.